The molecule has 19 rings (SSSR count). The van der Waals surface area contributed by atoms with Crippen LogP contribution in [0.25, 0.3) is 71.7 Å². The van der Waals surface area contributed by atoms with Crippen LogP contribution >= 0.6 is 11.6 Å². The number of nitrogens with zero attached hydrogens (tertiary/aromatic N) is 8. The van der Waals surface area contributed by atoms with Crippen molar-refractivity contribution in [1.82, 2.24) is 55.1 Å². The largest absolute Gasteiger partial charge is 0.399 e. The summed E-state index contributed by atoms with van der Waals surface area (Å²) in [4.78, 5) is 61.4. The van der Waals surface area contributed by atoms with Crippen LogP contribution in [0, 0.1) is 52.6 Å². The highest BCUT2D eigenvalue weighted by molar-refractivity contribution is 6.32. The smallest absolute Gasteiger partial charge is 0.293 e. The second-order valence-electron chi connectivity index (χ2n) is 32.1. The van der Waals surface area contributed by atoms with Gasteiger partial charge in [0.05, 0.1) is 34.7 Å². The number of benzene rings is 8. The minimum atomic E-state index is -3.39. The number of nitrogens with two attached hydrogens (primary N) is 1. The third-order valence-electron chi connectivity index (χ3n) is 23.5. The second kappa shape index (κ2) is 35.2. The van der Waals surface area contributed by atoms with Crippen molar-refractivity contribution in [1.29, 1.82) is 0 Å². The van der Waals surface area contributed by atoms with Crippen molar-refractivity contribution in [3.05, 3.63) is 362 Å². The number of hydrogen-bond donors (Lipinski definition) is 4. The van der Waals surface area contributed by atoms with Crippen LogP contribution in [0.1, 0.15) is 141 Å². The van der Waals surface area contributed by atoms with Gasteiger partial charge in [-0.2, -0.15) is 27.8 Å². The van der Waals surface area contributed by atoms with Gasteiger partial charge < -0.3 is 21.4 Å². The number of carbonyl (C=O) groups excluding carboxylic acids is 3. The summed E-state index contributed by atoms with van der Waals surface area (Å²) in [5.41, 5.74) is 12.2. The van der Waals surface area contributed by atoms with Crippen LogP contribution < -0.4 is 16.4 Å². The monoisotopic (exact) mass is 1770 g/mol. The molecule has 0 spiro atoms. The number of carbonyl (C=O) groups is 3. The number of rotatable bonds is 25. The van der Waals surface area contributed by atoms with Crippen molar-refractivity contribution < 1.29 is 80.2 Å². The maximum absolute atomic E-state index is 15.1. The van der Waals surface area contributed by atoms with Gasteiger partial charge in [0.1, 0.15) is 82.4 Å². The number of hydrogen-bond acceptors (Lipinski definition) is 10. The molecular formula is C97H72ClF15N12O3. The van der Waals surface area contributed by atoms with Crippen molar-refractivity contribution in [3.8, 4) is 33.4 Å². The Morgan fingerprint density at radius 1 is 0.484 bits per heavy atom. The number of nitrogens with one attached hydrogen (secondary N) is 3. The third-order valence-corrected chi connectivity index (χ3v) is 23.8. The van der Waals surface area contributed by atoms with E-state index in [-0.39, 0.29) is 73.0 Å². The summed E-state index contributed by atoms with van der Waals surface area (Å²) in [6, 6.07) is 50.1. The summed E-state index contributed by atoms with van der Waals surface area (Å²) in [5, 5.41) is 16.8. The summed E-state index contributed by atoms with van der Waals surface area (Å²) < 4.78 is 215. The highest BCUT2D eigenvalue weighted by Crippen LogP contribution is 2.69. The topological polar surface area (TPSA) is 204 Å². The first-order valence-corrected chi connectivity index (χ1v) is 40.9. The predicted octanol–water partition coefficient (Wildman–Crippen LogP) is 22.4. The van der Waals surface area contributed by atoms with Gasteiger partial charge in [-0.3, -0.25) is 43.7 Å². The molecule has 5 N–H and O–H groups in total. The van der Waals surface area contributed by atoms with Crippen molar-refractivity contribution in [2.24, 2.45) is 17.6 Å². The van der Waals surface area contributed by atoms with E-state index in [4.69, 9.17) is 17.3 Å². The number of H-pyrrole nitrogens is 1. The average molecular weight is 1770 g/mol. The van der Waals surface area contributed by atoms with Crippen LogP contribution in [0.4, 0.5) is 65.9 Å². The number of pyridine rings is 4. The lowest BCUT2D eigenvalue weighted by Crippen LogP contribution is -2.35. The molecule has 31 heteroatoms. The first kappa shape index (κ1) is 86.4. The molecule has 7 atom stereocenters. The van der Waals surface area contributed by atoms with E-state index < -0.39 is 155 Å². The molecule has 0 saturated heterocycles. The van der Waals surface area contributed by atoms with Crippen LogP contribution in [0.15, 0.2) is 238 Å². The van der Waals surface area contributed by atoms with Crippen LogP contribution in [0.5, 0.6) is 0 Å². The summed E-state index contributed by atoms with van der Waals surface area (Å²) in [6.07, 6.45) is 2.06. The number of amides is 2. The number of aromatic nitrogens is 9. The Kier molecular flexibility index (Phi) is 23.8. The number of fused-ring (bicyclic) bond motifs is 9. The van der Waals surface area contributed by atoms with Crippen LogP contribution in [-0.2, 0) is 65.0 Å². The van der Waals surface area contributed by atoms with Crippen molar-refractivity contribution >= 4 is 67.5 Å². The Bertz CT molecular complexity index is 6810. The zero-order valence-electron chi connectivity index (χ0n) is 67.1. The van der Waals surface area contributed by atoms with E-state index in [2.05, 4.69) is 52.3 Å². The number of halogens is 16. The molecule has 2 amide bonds. The molecule has 15 nitrogen and oxygen atoms in total. The molecule has 7 heterocycles. The average Bonchev–Trinajstić information content (AvgIpc) is 1.52. The fourth-order valence-corrected chi connectivity index (χ4v) is 18.1. The molecular weight excluding hydrogens is 1700 g/mol. The molecule has 4 aliphatic carbocycles. The third kappa shape index (κ3) is 17.8. The maximum atomic E-state index is 15.1. The van der Waals surface area contributed by atoms with Crippen molar-refractivity contribution in [3.63, 3.8) is 0 Å². The minimum Gasteiger partial charge on any atom is -0.399 e. The lowest BCUT2D eigenvalue weighted by molar-refractivity contribution is -0.123. The van der Waals surface area contributed by atoms with E-state index in [1.807, 2.05) is 78.9 Å². The first-order valence-electron chi connectivity index (χ1n) is 40.6. The molecule has 4 unspecified atom stereocenters. The lowest BCUT2D eigenvalue weighted by atomic mass is 9.85. The Morgan fingerprint density at radius 3 is 1.51 bits per heavy atom. The molecule has 128 heavy (non-hydrogen) atoms. The lowest BCUT2D eigenvalue weighted by Gasteiger charge is -2.23. The van der Waals surface area contributed by atoms with Crippen molar-refractivity contribution in [2.75, 3.05) is 0 Å². The first-order chi connectivity index (χ1) is 61.4. The molecule has 0 bridgehead atoms. The van der Waals surface area contributed by atoms with E-state index in [1.165, 1.54) is 36.7 Å². The Morgan fingerprint density at radius 2 is 0.953 bits per heavy atom. The Balaban J connectivity index is 0.000000135. The standard InChI is InChI=1S/C33H24F6N4O.C32H25ClF3N3O.C32H23F6N5O/c34-19-11-17(12-20(35)14-19)13-26(29-23(9-4-10-40-29)22-8-3-6-18-5-1-2-7-21(18)22)41-27(44)16-43-31-28(30(42-43)32(36)37)24-15-25(24)33(31,38)39;1-18(37)28-14-20(4-6-30(28)33)27-3-2-8-38-32(27)21(9-19-10-24(35)15-25(36)11-19)12-26(40)13-22-17-39-31-7-5-23(34)16-29(22)31;33-19-9-16(10-20(34)13-19)11-25(28-21(4-2-8-40-28)17-5-6-24-18(12-17)3-1-7-39-24)41-26(44)15-43-30-27(29(42-43)31(35)36)22-14-23(22)32(30,37)38/h1-12,14,24-26,32H,13,15-16H2,(H,41,44);2-8,10-11,14-17,21,39H,1,9,12-13,37H2;1-10,12-13,22-23,25,31H,11,14-15H2,(H,41,44)/t24?,25?,26-;21-;22?,23?,25-/m010/s1. The highest BCUT2D eigenvalue weighted by Gasteiger charge is 2.68. The summed E-state index contributed by atoms with van der Waals surface area (Å²) in [5.74, 6) is -17.7. The van der Waals surface area contributed by atoms with Gasteiger partial charge in [0.2, 0.25) is 11.8 Å². The Hall–Kier alpha value is -13.8. The van der Waals surface area contributed by atoms with Crippen molar-refractivity contribution in [2.45, 2.75) is 113 Å². The van der Waals surface area contributed by atoms with Gasteiger partial charge >= 0.3 is 0 Å². The quantitative estimate of drug-likeness (QED) is 0.0399. The normalized spacial score (nSPS) is 16.6. The van der Waals surface area contributed by atoms with Gasteiger partial charge in [0.25, 0.3) is 24.7 Å². The van der Waals surface area contributed by atoms with Crippen LogP contribution in [0.2, 0.25) is 5.02 Å². The molecule has 0 aliphatic heterocycles. The SMILES string of the molecule is C=C(N)c1cc(-c2cccnc2[C@@H](CC(=O)Cc2c[nH]c3ccc(F)cc23)Cc2cc(F)cc(F)c2)ccc1Cl.O=C(Cn1nc(C(F)F)c2c1C(F)(F)C1CC21)N[C@@H](Cc1cc(F)cc(F)c1)c1ncccc1-c1ccc2ncccc2c1.O=C(Cn1nc(C(F)F)c2c1C(F)(F)C1CC21)N[C@@H](Cc1cc(F)cc(F)c1)c1ncccc1-c1cccc2ccccc12. The molecule has 2 saturated carbocycles. The van der Waals surface area contributed by atoms with Gasteiger partial charge in [-0.15, -0.1) is 0 Å². The summed E-state index contributed by atoms with van der Waals surface area (Å²) >= 11 is 6.31. The molecule has 15 aromatic rings. The number of aromatic amines is 1. The molecule has 650 valence electrons. The predicted molar refractivity (Wildman–Crippen MR) is 450 cm³/mol. The second-order valence-corrected chi connectivity index (χ2v) is 32.5. The van der Waals surface area contributed by atoms with Gasteiger partial charge in [0, 0.05) is 140 Å². The zero-order valence-corrected chi connectivity index (χ0v) is 67.9. The van der Waals surface area contributed by atoms with E-state index in [9.17, 15) is 62.7 Å². The van der Waals surface area contributed by atoms with E-state index in [0.717, 1.165) is 91.9 Å². The Labute approximate surface area is 725 Å². The molecule has 7 aromatic heterocycles. The number of ketones is 1. The van der Waals surface area contributed by atoms with Gasteiger partial charge in [-0.05, 0) is 197 Å². The van der Waals surface area contributed by atoms with Crippen LogP contribution in [0.3, 0.4) is 0 Å². The maximum Gasteiger partial charge on any atom is 0.293 e. The molecule has 0 radical (unpaired) electrons. The fourth-order valence-electron chi connectivity index (χ4n) is 17.9. The molecule has 8 aromatic carbocycles. The summed E-state index contributed by atoms with van der Waals surface area (Å²) in [6.45, 7) is 2.27. The zero-order chi connectivity index (χ0) is 89.9. The molecule has 4 aliphatic rings. The van der Waals surface area contributed by atoms with Gasteiger partial charge in [-0.1, -0.05) is 97.0 Å². The molecule has 2 fully saturated rings. The highest BCUT2D eigenvalue weighted by atomic mass is 35.5. The van der Waals surface area contributed by atoms with Gasteiger partial charge in [-0.25, -0.2) is 48.3 Å². The van der Waals surface area contributed by atoms with Gasteiger partial charge in [0.15, 0.2) is 0 Å². The van der Waals surface area contributed by atoms with E-state index in [1.54, 1.807) is 73.2 Å². The van der Waals surface area contributed by atoms with E-state index in [0.29, 0.717) is 70.4 Å². The van der Waals surface area contributed by atoms with E-state index >= 15 is 17.6 Å². The summed E-state index contributed by atoms with van der Waals surface area (Å²) in [7, 11) is 0. The fraction of sp³-hybridized carbons (Fsp3) is 0.206. The van der Waals surface area contributed by atoms with Crippen LogP contribution in [-0.4, -0.2) is 62.1 Å². The minimum absolute atomic E-state index is 0.0359. The number of Topliss-reactive ketones (excluding diaryl/α,β-unsaturated/α-hetero) is 1. The number of alkyl halides is 8.